The molecule has 0 saturated heterocycles. The van der Waals surface area contributed by atoms with E-state index in [1.54, 1.807) is 0 Å². The van der Waals surface area contributed by atoms with E-state index >= 15 is 0 Å². The molecule has 6 nitrogen and oxygen atoms in total. The summed E-state index contributed by atoms with van der Waals surface area (Å²) < 4.78 is 25.9. The summed E-state index contributed by atoms with van der Waals surface area (Å²) in [6, 6.07) is 2.69. The van der Waals surface area contributed by atoms with Crippen LogP contribution < -0.4 is 4.72 Å². The number of carboxylic acid groups (broad SMARTS) is 1. The van der Waals surface area contributed by atoms with E-state index in [-0.39, 0.29) is 22.1 Å². The molecule has 0 saturated carbocycles. The number of benzene rings is 1. The fraction of sp³-hybridized carbons (Fsp3) is 0.300. The quantitative estimate of drug-likeness (QED) is 0.741. The molecule has 0 fully saturated rings. The van der Waals surface area contributed by atoms with E-state index in [0.717, 1.165) is 6.07 Å². The molecule has 8 heteroatoms. The van der Waals surface area contributed by atoms with Gasteiger partial charge in [-0.2, -0.15) is 0 Å². The number of hydrogen-bond acceptors (Lipinski definition) is 4. The van der Waals surface area contributed by atoms with Crippen molar-refractivity contribution < 1.29 is 23.4 Å². The van der Waals surface area contributed by atoms with Crippen LogP contribution in [0.25, 0.3) is 0 Å². The Kier molecular flexibility index (Phi) is 4.69. The number of sulfonamides is 1. The van der Waals surface area contributed by atoms with Crippen LogP contribution in [0.4, 0.5) is 0 Å². The monoisotopic (exact) mass is 293 g/mol. The molecule has 0 aliphatic carbocycles. The predicted molar refractivity (Wildman–Crippen MR) is 65.3 cm³/mol. The average molecular weight is 294 g/mol. The molecule has 1 unspecified atom stereocenters. The second kappa shape index (κ2) is 5.66. The van der Waals surface area contributed by atoms with Crippen molar-refractivity contribution in [1.82, 2.24) is 4.72 Å². The Morgan fingerprint density at radius 1 is 1.50 bits per heavy atom. The summed E-state index contributed by atoms with van der Waals surface area (Å²) in [4.78, 5) is 10.6. The second-order valence-corrected chi connectivity index (χ2v) is 5.77. The first-order chi connectivity index (χ1) is 8.27. The van der Waals surface area contributed by atoms with Gasteiger partial charge in [0.25, 0.3) is 0 Å². The third-order valence-electron chi connectivity index (χ3n) is 2.11. The largest absolute Gasteiger partial charge is 0.478 e. The standard InChI is InChI=1S/C10H12ClNO5S/c1-6(5-13)12-18(16,17)7-2-3-9(11)8(4-7)10(14)15/h2-4,6,12-13H,5H2,1H3,(H,14,15). The van der Waals surface area contributed by atoms with E-state index in [1.165, 1.54) is 19.1 Å². The highest BCUT2D eigenvalue weighted by Gasteiger charge is 2.20. The van der Waals surface area contributed by atoms with Crippen LogP contribution in [0.2, 0.25) is 5.02 Å². The molecule has 1 rings (SSSR count). The minimum Gasteiger partial charge on any atom is -0.478 e. The number of aromatic carboxylic acids is 1. The highest BCUT2D eigenvalue weighted by atomic mass is 35.5. The molecule has 1 aromatic rings. The molecule has 1 atom stereocenters. The van der Waals surface area contributed by atoms with Crippen LogP contribution in [0, 0.1) is 0 Å². The number of carbonyl (C=O) groups is 1. The normalized spacial score (nSPS) is 13.3. The summed E-state index contributed by atoms with van der Waals surface area (Å²) in [5.41, 5.74) is -0.295. The van der Waals surface area contributed by atoms with Gasteiger partial charge in [0.1, 0.15) is 0 Å². The van der Waals surface area contributed by atoms with Crippen molar-refractivity contribution in [2.75, 3.05) is 6.61 Å². The Labute approximate surface area is 109 Å². The maximum Gasteiger partial charge on any atom is 0.337 e. The number of aliphatic hydroxyl groups excluding tert-OH is 1. The first-order valence-electron chi connectivity index (χ1n) is 4.94. The predicted octanol–water partition coefficient (Wildman–Crippen LogP) is 0.697. The fourth-order valence-corrected chi connectivity index (χ4v) is 2.66. The maximum absolute atomic E-state index is 11.8. The maximum atomic E-state index is 11.8. The Morgan fingerprint density at radius 2 is 2.11 bits per heavy atom. The highest BCUT2D eigenvalue weighted by Crippen LogP contribution is 2.20. The number of nitrogens with one attached hydrogen (secondary N) is 1. The van der Waals surface area contributed by atoms with Crippen molar-refractivity contribution in [3.63, 3.8) is 0 Å². The molecule has 0 aromatic heterocycles. The minimum absolute atomic E-state index is 0.0448. The van der Waals surface area contributed by atoms with Crippen molar-refractivity contribution in [3.05, 3.63) is 28.8 Å². The van der Waals surface area contributed by atoms with Gasteiger partial charge in [-0.05, 0) is 25.1 Å². The molecular formula is C10H12ClNO5S. The van der Waals surface area contributed by atoms with Crippen molar-refractivity contribution in [2.45, 2.75) is 17.9 Å². The number of halogens is 1. The highest BCUT2D eigenvalue weighted by molar-refractivity contribution is 7.89. The summed E-state index contributed by atoms with van der Waals surface area (Å²) in [5.74, 6) is -1.31. The lowest BCUT2D eigenvalue weighted by atomic mass is 10.2. The molecule has 0 heterocycles. The lowest BCUT2D eigenvalue weighted by Gasteiger charge is -2.12. The van der Waals surface area contributed by atoms with Gasteiger partial charge < -0.3 is 10.2 Å². The zero-order chi connectivity index (χ0) is 13.9. The van der Waals surface area contributed by atoms with E-state index in [2.05, 4.69) is 4.72 Å². The third kappa shape index (κ3) is 3.42. The van der Waals surface area contributed by atoms with Gasteiger partial charge in [-0.15, -0.1) is 0 Å². The van der Waals surface area contributed by atoms with Gasteiger partial charge in [-0.3, -0.25) is 0 Å². The van der Waals surface area contributed by atoms with Crippen LogP contribution in [0.5, 0.6) is 0 Å². The van der Waals surface area contributed by atoms with Crippen LogP contribution in [-0.2, 0) is 10.0 Å². The van der Waals surface area contributed by atoms with Crippen molar-refractivity contribution in [1.29, 1.82) is 0 Å². The number of carboxylic acids is 1. The van der Waals surface area contributed by atoms with Crippen LogP contribution in [0.15, 0.2) is 23.1 Å². The SMILES string of the molecule is CC(CO)NS(=O)(=O)c1ccc(Cl)c(C(=O)O)c1. The number of rotatable bonds is 5. The van der Waals surface area contributed by atoms with Crippen molar-refractivity contribution in [3.8, 4) is 0 Å². The third-order valence-corrected chi connectivity index (χ3v) is 4.03. The molecule has 0 bridgehead atoms. The van der Waals surface area contributed by atoms with Crippen LogP contribution in [-0.4, -0.2) is 37.2 Å². The molecule has 18 heavy (non-hydrogen) atoms. The van der Waals surface area contributed by atoms with Gasteiger partial charge in [-0.1, -0.05) is 11.6 Å². The van der Waals surface area contributed by atoms with Gasteiger partial charge >= 0.3 is 5.97 Å². The first kappa shape index (κ1) is 14.9. The molecule has 0 spiro atoms. The van der Waals surface area contributed by atoms with E-state index < -0.39 is 22.0 Å². The van der Waals surface area contributed by atoms with Gasteiger partial charge in [-0.25, -0.2) is 17.9 Å². The van der Waals surface area contributed by atoms with E-state index in [4.69, 9.17) is 21.8 Å². The zero-order valence-electron chi connectivity index (χ0n) is 9.42. The molecular weight excluding hydrogens is 282 g/mol. The van der Waals surface area contributed by atoms with Gasteiger partial charge in [0.2, 0.25) is 10.0 Å². The summed E-state index contributed by atoms with van der Waals surface area (Å²) in [7, 11) is -3.88. The minimum atomic E-state index is -3.88. The molecule has 0 aliphatic heterocycles. The summed E-state index contributed by atoms with van der Waals surface area (Å²) >= 11 is 5.64. The van der Waals surface area contributed by atoms with Gasteiger partial charge in [0, 0.05) is 6.04 Å². The lowest BCUT2D eigenvalue weighted by Crippen LogP contribution is -2.35. The fourth-order valence-electron chi connectivity index (χ4n) is 1.21. The van der Waals surface area contributed by atoms with Crippen molar-refractivity contribution >= 4 is 27.6 Å². The Bertz CT molecular complexity index is 557. The average Bonchev–Trinajstić information content (AvgIpc) is 2.28. The van der Waals surface area contributed by atoms with Gasteiger partial charge in [0.15, 0.2) is 0 Å². The van der Waals surface area contributed by atoms with Gasteiger partial charge in [0.05, 0.1) is 22.1 Å². The van der Waals surface area contributed by atoms with Crippen LogP contribution in [0.1, 0.15) is 17.3 Å². The Hall–Kier alpha value is -1.15. The topological polar surface area (TPSA) is 104 Å². The second-order valence-electron chi connectivity index (χ2n) is 3.65. The summed E-state index contributed by atoms with van der Waals surface area (Å²) in [5, 5.41) is 17.6. The Morgan fingerprint density at radius 3 is 2.61 bits per heavy atom. The van der Waals surface area contributed by atoms with E-state index in [0.29, 0.717) is 0 Å². The van der Waals surface area contributed by atoms with Crippen molar-refractivity contribution in [2.24, 2.45) is 0 Å². The molecule has 100 valence electrons. The van der Waals surface area contributed by atoms with E-state index in [9.17, 15) is 13.2 Å². The summed E-state index contributed by atoms with van der Waals surface area (Å²) in [6.07, 6.45) is 0. The molecule has 0 radical (unpaired) electrons. The lowest BCUT2D eigenvalue weighted by molar-refractivity contribution is 0.0697. The Balaban J connectivity index is 3.18. The molecule has 3 N–H and O–H groups in total. The first-order valence-corrected chi connectivity index (χ1v) is 6.80. The molecule has 1 aromatic carbocycles. The zero-order valence-corrected chi connectivity index (χ0v) is 11.0. The van der Waals surface area contributed by atoms with E-state index in [1.807, 2.05) is 0 Å². The number of hydrogen-bond donors (Lipinski definition) is 3. The van der Waals surface area contributed by atoms with Crippen LogP contribution in [0.3, 0.4) is 0 Å². The molecule has 0 aliphatic rings. The number of aliphatic hydroxyl groups is 1. The van der Waals surface area contributed by atoms with Crippen LogP contribution >= 0.6 is 11.6 Å². The smallest absolute Gasteiger partial charge is 0.337 e. The summed E-state index contributed by atoms with van der Waals surface area (Å²) in [6.45, 7) is 1.12. The molecule has 0 amide bonds.